The van der Waals surface area contributed by atoms with E-state index >= 15 is 0 Å². The lowest BCUT2D eigenvalue weighted by Gasteiger charge is -1.94. The molecule has 1 aromatic carbocycles. The zero-order valence-electron chi connectivity index (χ0n) is 10.3. The predicted molar refractivity (Wildman–Crippen MR) is 69.1 cm³/mol. The van der Waals surface area contributed by atoms with Crippen molar-refractivity contribution in [3.05, 3.63) is 35.9 Å². The van der Waals surface area contributed by atoms with Crippen molar-refractivity contribution < 1.29 is 4.42 Å². The molecule has 0 saturated heterocycles. The number of benzene rings is 1. The van der Waals surface area contributed by atoms with Gasteiger partial charge in [-0.05, 0) is 31.3 Å². The van der Waals surface area contributed by atoms with Crippen LogP contribution >= 0.6 is 0 Å². The second-order valence-electron chi connectivity index (χ2n) is 4.22. The minimum atomic E-state index is 0.681. The van der Waals surface area contributed by atoms with Crippen molar-refractivity contribution in [2.45, 2.75) is 13.5 Å². The lowest BCUT2D eigenvalue weighted by Crippen LogP contribution is -2.04. The summed E-state index contributed by atoms with van der Waals surface area (Å²) in [5.41, 5.74) is 4.69. The molecule has 5 nitrogen and oxygen atoms in total. The van der Waals surface area contributed by atoms with Gasteiger partial charge in [0, 0.05) is 24.7 Å². The molecule has 0 saturated carbocycles. The van der Waals surface area contributed by atoms with Crippen LogP contribution in [0.2, 0.25) is 0 Å². The van der Waals surface area contributed by atoms with E-state index in [1.165, 1.54) is 0 Å². The van der Waals surface area contributed by atoms with Gasteiger partial charge in [0.25, 0.3) is 0 Å². The van der Waals surface area contributed by atoms with Crippen molar-refractivity contribution in [2.75, 3.05) is 7.05 Å². The highest BCUT2D eigenvalue weighted by Crippen LogP contribution is 2.23. The van der Waals surface area contributed by atoms with Gasteiger partial charge in [0.2, 0.25) is 0 Å². The van der Waals surface area contributed by atoms with Crippen LogP contribution in [-0.4, -0.2) is 22.2 Å². The average molecular weight is 242 g/mol. The number of rotatable bonds is 3. The maximum absolute atomic E-state index is 5.45. The Balaban J connectivity index is 2.01. The van der Waals surface area contributed by atoms with Crippen molar-refractivity contribution >= 4 is 11.1 Å². The topological polar surface area (TPSA) is 66.7 Å². The summed E-state index contributed by atoms with van der Waals surface area (Å²) in [4.78, 5) is 4.33. The number of fused-ring (bicyclic) bond motifs is 1. The fourth-order valence-corrected chi connectivity index (χ4v) is 1.99. The number of aryl methyl sites for hydroxylation is 1. The minimum Gasteiger partial charge on any atom is -0.441 e. The Morgan fingerprint density at radius 1 is 1.33 bits per heavy atom. The van der Waals surface area contributed by atoms with Gasteiger partial charge < -0.3 is 9.73 Å². The van der Waals surface area contributed by atoms with Crippen LogP contribution in [0.5, 0.6) is 0 Å². The van der Waals surface area contributed by atoms with Gasteiger partial charge in [-0.3, -0.25) is 5.10 Å². The minimum absolute atomic E-state index is 0.681. The molecule has 3 rings (SSSR count). The molecule has 0 radical (unpaired) electrons. The molecule has 0 spiro atoms. The Morgan fingerprint density at radius 3 is 3.06 bits per heavy atom. The summed E-state index contributed by atoms with van der Waals surface area (Å²) in [5.74, 6) is 0.681. The lowest BCUT2D eigenvalue weighted by molar-refractivity contribution is 0.561. The van der Waals surface area contributed by atoms with Crippen molar-refractivity contribution in [3.8, 4) is 11.3 Å². The monoisotopic (exact) mass is 242 g/mol. The molecule has 3 aromatic rings. The number of H-pyrrole nitrogens is 1. The van der Waals surface area contributed by atoms with Gasteiger partial charge in [-0.1, -0.05) is 0 Å². The molecular weight excluding hydrogens is 228 g/mol. The molecule has 0 bridgehead atoms. The summed E-state index contributed by atoms with van der Waals surface area (Å²) >= 11 is 0. The van der Waals surface area contributed by atoms with Crippen LogP contribution in [0.3, 0.4) is 0 Å². The number of aromatic nitrogens is 3. The van der Waals surface area contributed by atoms with E-state index in [0.29, 0.717) is 5.89 Å². The van der Waals surface area contributed by atoms with Gasteiger partial charge in [-0.15, -0.1) is 0 Å². The molecule has 2 N–H and O–H groups in total. The summed E-state index contributed by atoms with van der Waals surface area (Å²) in [7, 11) is 1.91. The van der Waals surface area contributed by atoms with E-state index in [4.69, 9.17) is 4.42 Å². The Kier molecular flexibility index (Phi) is 2.60. The van der Waals surface area contributed by atoms with Crippen molar-refractivity contribution in [1.82, 2.24) is 20.5 Å². The zero-order chi connectivity index (χ0) is 12.5. The van der Waals surface area contributed by atoms with Gasteiger partial charge in [0.1, 0.15) is 5.52 Å². The summed E-state index contributed by atoms with van der Waals surface area (Å²) in [6.07, 6.45) is 0. The van der Waals surface area contributed by atoms with Crippen LogP contribution in [0, 0.1) is 6.92 Å². The molecule has 0 unspecified atom stereocenters. The van der Waals surface area contributed by atoms with Gasteiger partial charge in [-0.25, -0.2) is 4.98 Å². The SMILES string of the molecule is CNCc1cc(-c2ccc3oc(C)nc3c2)n[nH]1. The van der Waals surface area contributed by atoms with Crippen molar-refractivity contribution in [3.63, 3.8) is 0 Å². The van der Waals surface area contributed by atoms with E-state index < -0.39 is 0 Å². The third kappa shape index (κ3) is 1.89. The quantitative estimate of drug-likeness (QED) is 0.739. The highest BCUT2D eigenvalue weighted by molar-refractivity contribution is 5.79. The molecule has 92 valence electrons. The number of hydrogen-bond donors (Lipinski definition) is 2. The van der Waals surface area contributed by atoms with E-state index in [-0.39, 0.29) is 0 Å². The van der Waals surface area contributed by atoms with E-state index in [1.54, 1.807) is 0 Å². The molecule has 5 heteroatoms. The third-order valence-corrected chi connectivity index (χ3v) is 2.79. The number of nitrogens with zero attached hydrogens (tertiary/aromatic N) is 2. The highest BCUT2D eigenvalue weighted by atomic mass is 16.3. The Hall–Kier alpha value is -2.14. The Labute approximate surface area is 104 Å². The first kappa shape index (κ1) is 11.0. The average Bonchev–Trinajstić information content (AvgIpc) is 2.93. The van der Waals surface area contributed by atoms with Crippen LogP contribution < -0.4 is 5.32 Å². The van der Waals surface area contributed by atoms with Gasteiger partial charge >= 0.3 is 0 Å². The number of nitrogens with one attached hydrogen (secondary N) is 2. The second-order valence-corrected chi connectivity index (χ2v) is 4.22. The number of oxazole rings is 1. The molecule has 0 aliphatic heterocycles. The molecule has 18 heavy (non-hydrogen) atoms. The predicted octanol–water partition coefficient (Wildman–Crippen LogP) is 2.25. The standard InChI is InChI=1S/C13H14N4O/c1-8-15-12-5-9(3-4-13(12)18-8)11-6-10(7-14-2)16-17-11/h3-6,14H,7H2,1-2H3,(H,16,17). The molecule has 0 aliphatic rings. The van der Waals surface area contributed by atoms with Gasteiger partial charge in [0.05, 0.1) is 5.69 Å². The summed E-state index contributed by atoms with van der Waals surface area (Å²) in [6.45, 7) is 2.62. The van der Waals surface area contributed by atoms with Crippen LogP contribution in [0.15, 0.2) is 28.7 Å². The van der Waals surface area contributed by atoms with Gasteiger partial charge in [0.15, 0.2) is 11.5 Å². The normalized spacial score (nSPS) is 11.2. The van der Waals surface area contributed by atoms with Crippen molar-refractivity contribution in [1.29, 1.82) is 0 Å². The maximum atomic E-state index is 5.45. The largest absolute Gasteiger partial charge is 0.441 e. The first-order valence-electron chi connectivity index (χ1n) is 5.83. The zero-order valence-corrected chi connectivity index (χ0v) is 10.3. The summed E-state index contributed by atoms with van der Waals surface area (Å²) < 4.78 is 5.45. The van der Waals surface area contributed by atoms with Crippen LogP contribution in [0.1, 0.15) is 11.6 Å². The molecule has 0 aliphatic carbocycles. The number of aromatic amines is 1. The Bertz CT molecular complexity index is 683. The molecule has 0 amide bonds. The van der Waals surface area contributed by atoms with Crippen LogP contribution in [0.25, 0.3) is 22.4 Å². The van der Waals surface area contributed by atoms with Gasteiger partial charge in [-0.2, -0.15) is 5.10 Å². The molecule has 2 heterocycles. The summed E-state index contributed by atoms with van der Waals surface area (Å²) in [5, 5.41) is 10.4. The first-order chi connectivity index (χ1) is 8.76. The fraction of sp³-hybridized carbons (Fsp3) is 0.231. The van der Waals surface area contributed by atoms with E-state index in [2.05, 4.69) is 20.5 Å². The third-order valence-electron chi connectivity index (χ3n) is 2.79. The van der Waals surface area contributed by atoms with Crippen LogP contribution in [0.4, 0.5) is 0 Å². The van der Waals surface area contributed by atoms with E-state index in [9.17, 15) is 0 Å². The van der Waals surface area contributed by atoms with E-state index in [1.807, 2.05) is 38.2 Å². The van der Waals surface area contributed by atoms with E-state index in [0.717, 1.165) is 34.6 Å². The highest BCUT2D eigenvalue weighted by Gasteiger charge is 2.07. The first-order valence-corrected chi connectivity index (χ1v) is 5.83. The molecular formula is C13H14N4O. The smallest absolute Gasteiger partial charge is 0.192 e. The molecule has 0 fully saturated rings. The summed E-state index contributed by atoms with van der Waals surface area (Å²) in [6, 6.07) is 7.94. The maximum Gasteiger partial charge on any atom is 0.192 e. The number of hydrogen-bond acceptors (Lipinski definition) is 4. The van der Waals surface area contributed by atoms with Crippen LogP contribution in [-0.2, 0) is 6.54 Å². The van der Waals surface area contributed by atoms with Crippen molar-refractivity contribution in [2.24, 2.45) is 0 Å². The fourth-order valence-electron chi connectivity index (χ4n) is 1.99. The second kappa shape index (κ2) is 4.27. The Morgan fingerprint density at radius 2 is 2.22 bits per heavy atom. The lowest BCUT2D eigenvalue weighted by atomic mass is 10.1. The molecule has 0 atom stereocenters. The molecule has 2 aromatic heterocycles.